The van der Waals surface area contributed by atoms with Gasteiger partial charge in [0, 0.05) is 23.5 Å². The fourth-order valence-electron chi connectivity index (χ4n) is 3.64. The van der Waals surface area contributed by atoms with Crippen molar-refractivity contribution in [2.24, 2.45) is 0 Å². The molecule has 0 saturated carbocycles. The zero-order chi connectivity index (χ0) is 22.8. The monoisotopic (exact) mass is 450 g/mol. The van der Waals surface area contributed by atoms with Gasteiger partial charge < -0.3 is 14.6 Å². The van der Waals surface area contributed by atoms with Crippen molar-refractivity contribution in [3.63, 3.8) is 0 Å². The molecule has 0 aliphatic carbocycles. The van der Waals surface area contributed by atoms with Gasteiger partial charge in [-0.2, -0.15) is 0 Å². The minimum atomic E-state index is -0.940. The predicted octanol–water partition coefficient (Wildman–Crippen LogP) is 4.38. The van der Waals surface area contributed by atoms with E-state index in [9.17, 15) is 14.7 Å². The van der Waals surface area contributed by atoms with Crippen LogP contribution >= 0.6 is 11.6 Å². The highest BCUT2D eigenvalue weighted by Gasteiger charge is 2.47. The molecule has 32 heavy (non-hydrogen) atoms. The van der Waals surface area contributed by atoms with Crippen molar-refractivity contribution in [2.75, 3.05) is 19.1 Å². The largest absolute Gasteiger partial charge is 0.507 e. The van der Waals surface area contributed by atoms with E-state index in [1.54, 1.807) is 60.8 Å². The first-order valence-corrected chi connectivity index (χ1v) is 10.0. The molecule has 1 aliphatic rings. The summed E-state index contributed by atoms with van der Waals surface area (Å²) in [7, 11) is 2.96. The number of ketones is 1. The lowest BCUT2D eigenvalue weighted by molar-refractivity contribution is -0.132. The van der Waals surface area contributed by atoms with Gasteiger partial charge in [-0.3, -0.25) is 19.5 Å². The van der Waals surface area contributed by atoms with Crippen molar-refractivity contribution < 1.29 is 24.2 Å². The number of carbonyl (C=O) groups excluding carboxylic acids is 2. The summed E-state index contributed by atoms with van der Waals surface area (Å²) in [6.45, 7) is 0. The highest BCUT2D eigenvalue weighted by Crippen LogP contribution is 2.42. The number of pyridine rings is 1. The highest BCUT2D eigenvalue weighted by atomic mass is 35.5. The van der Waals surface area contributed by atoms with Gasteiger partial charge >= 0.3 is 0 Å². The van der Waals surface area contributed by atoms with Crippen molar-refractivity contribution in [1.82, 2.24) is 4.98 Å². The molecule has 1 atom stereocenters. The molecule has 1 amide bonds. The SMILES string of the molecule is COc1cccc(N2C(=O)C(=O)/C(=C(/O)c3ccc(Cl)c(OC)c3)C2c2ccccn2)c1. The number of ether oxygens (including phenoxy) is 2. The first-order chi connectivity index (χ1) is 15.5. The highest BCUT2D eigenvalue weighted by molar-refractivity contribution is 6.51. The Morgan fingerprint density at radius 2 is 1.84 bits per heavy atom. The molecule has 0 spiro atoms. The maximum Gasteiger partial charge on any atom is 0.300 e. The van der Waals surface area contributed by atoms with Gasteiger partial charge in [0.2, 0.25) is 0 Å². The van der Waals surface area contributed by atoms with Crippen LogP contribution in [0.4, 0.5) is 5.69 Å². The molecule has 162 valence electrons. The predicted molar refractivity (Wildman–Crippen MR) is 120 cm³/mol. The number of carbonyl (C=O) groups is 2. The van der Waals surface area contributed by atoms with E-state index in [1.165, 1.54) is 25.2 Å². The number of anilines is 1. The number of Topliss-reactive ketones (excluding diaryl/α,β-unsaturated/α-hetero) is 1. The zero-order valence-corrected chi connectivity index (χ0v) is 18.0. The van der Waals surface area contributed by atoms with Crippen molar-refractivity contribution in [2.45, 2.75) is 6.04 Å². The van der Waals surface area contributed by atoms with Gasteiger partial charge in [-0.05, 0) is 42.5 Å². The van der Waals surface area contributed by atoms with E-state index in [4.69, 9.17) is 21.1 Å². The van der Waals surface area contributed by atoms with Crippen molar-refractivity contribution in [3.05, 3.63) is 88.7 Å². The van der Waals surface area contributed by atoms with Crippen LogP contribution in [0.25, 0.3) is 5.76 Å². The summed E-state index contributed by atoms with van der Waals surface area (Å²) in [6.07, 6.45) is 1.56. The van der Waals surface area contributed by atoms with Crippen molar-refractivity contribution in [3.8, 4) is 11.5 Å². The van der Waals surface area contributed by atoms with Gasteiger partial charge in [-0.25, -0.2) is 0 Å². The van der Waals surface area contributed by atoms with Crippen LogP contribution in [0, 0.1) is 0 Å². The van der Waals surface area contributed by atoms with E-state index in [0.29, 0.717) is 27.9 Å². The molecule has 2 heterocycles. The molecule has 1 unspecified atom stereocenters. The van der Waals surface area contributed by atoms with Crippen LogP contribution < -0.4 is 14.4 Å². The van der Waals surface area contributed by atoms with Gasteiger partial charge in [0.1, 0.15) is 23.3 Å². The fourth-order valence-corrected chi connectivity index (χ4v) is 3.83. The van der Waals surface area contributed by atoms with Crippen LogP contribution in [-0.2, 0) is 9.59 Å². The summed E-state index contributed by atoms with van der Waals surface area (Å²) < 4.78 is 10.5. The van der Waals surface area contributed by atoms with Gasteiger partial charge in [-0.15, -0.1) is 0 Å². The summed E-state index contributed by atoms with van der Waals surface area (Å²) in [6, 6.07) is 15.6. The Hall–Kier alpha value is -3.84. The van der Waals surface area contributed by atoms with Crippen LogP contribution in [0.15, 0.2) is 72.4 Å². The Bertz CT molecular complexity index is 1230. The third-order valence-corrected chi connectivity index (χ3v) is 5.48. The molecule has 3 aromatic rings. The molecule has 7 nitrogen and oxygen atoms in total. The number of hydrogen-bond acceptors (Lipinski definition) is 6. The Kier molecular flexibility index (Phi) is 5.83. The summed E-state index contributed by atoms with van der Waals surface area (Å²) in [5.41, 5.74) is 1.07. The maximum atomic E-state index is 13.1. The topological polar surface area (TPSA) is 89.0 Å². The second-order valence-electron chi connectivity index (χ2n) is 6.97. The third kappa shape index (κ3) is 3.67. The molecule has 0 bridgehead atoms. The minimum absolute atomic E-state index is 0.0825. The zero-order valence-electron chi connectivity index (χ0n) is 17.3. The maximum absolute atomic E-state index is 13.1. The van der Waals surface area contributed by atoms with E-state index >= 15 is 0 Å². The average Bonchev–Trinajstić information content (AvgIpc) is 3.10. The van der Waals surface area contributed by atoms with Crippen LogP contribution in [0.1, 0.15) is 17.3 Å². The molecular formula is C24H19ClN2O5. The average molecular weight is 451 g/mol. The Balaban J connectivity index is 1.94. The van der Waals surface area contributed by atoms with Gasteiger partial charge in [0.25, 0.3) is 11.7 Å². The first-order valence-electron chi connectivity index (χ1n) is 9.66. The number of benzene rings is 2. The fraction of sp³-hybridized carbons (Fsp3) is 0.125. The quantitative estimate of drug-likeness (QED) is 0.352. The summed E-state index contributed by atoms with van der Waals surface area (Å²) in [5.74, 6) is -1.11. The molecular weight excluding hydrogens is 432 g/mol. The molecule has 2 aromatic carbocycles. The first kappa shape index (κ1) is 21.4. The van der Waals surface area contributed by atoms with Gasteiger partial charge in [0.05, 0.1) is 30.5 Å². The number of nitrogens with zero attached hydrogens (tertiary/aromatic N) is 2. The molecule has 1 saturated heterocycles. The Labute approximate surface area is 189 Å². The standard InChI is InChI=1S/C24H19ClN2O5/c1-31-16-7-5-6-15(13-16)27-21(18-8-3-4-11-26-18)20(23(29)24(27)30)22(28)14-9-10-17(25)19(12-14)32-2/h3-13,21,28H,1-2H3/b22-20+. The molecule has 1 N–H and O–H groups in total. The summed E-state index contributed by atoms with van der Waals surface area (Å²) >= 11 is 6.10. The second kappa shape index (κ2) is 8.72. The molecule has 0 radical (unpaired) electrons. The molecule has 1 aromatic heterocycles. The normalized spacial score (nSPS) is 17.5. The third-order valence-electron chi connectivity index (χ3n) is 5.17. The molecule has 4 rings (SSSR count). The van der Waals surface area contributed by atoms with Gasteiger partial charge in [-0.1, -0.05) is 23.7 Å². The van der Waals surface area contributed by atoms with E-state index in [0.717, 1.165) is 0 Å². The van der Waals surface area contributed by atoms with Crippen molar-refractivity contribution >= 4 is 34.7 Å². The number of halogens is 1. The Morgan fingerprint density at radius 3 is 2.53 bits per heavy atom. The Morgan fingerprint density at radius 1 is 1.03 bits per heavy atom. The summed E-state index contributed by atoms with van der Waals surface area (Å²) in [4.78, 5) is 31.9. The number of aromatic nitrogens is 1. The molecule has 8 heteroatoms. The van der Waals surface area contributed by atoms with E-state index in [2.05, 4.69) is 4.98 Å². The summed E-state index contributed by atoms with van der Waals surface area (Å²) in [5, 5.41) is 11.5. The van der Waals surface area contributed by atoms with Crippen LogP contribution in [0.2, 0.25) is 5.02 Å². The number of rotatable bonds is 5. The van der Waals surface area contributed by atoms with E-state index in [-0.39, 0.29) is 16.9 Å². The molecule has 1 fully saturated rings. The number of aliphatic hydroxyl groups excluding tert-OH is 1. The van der Waals surface area contributed by atoms with Crippen LogP contribution in [-0.4, -0.2) is 36.0 Å². The minimum Gasteiger partial charge on any atom is -0.507 e. The van der Waals surface area contributed by atoms with Crippen LogP contribution in [0.5, 0.6) is 11.5 Å². The lowest BCUT2D eigenvalue weighted by atomic mass is 9.98. The van der Waals surface area contributed by atoms with Crippen molar-refractivity contribution in [1.29, 1.82) is 0 Å². The van der Waals surface area contributed by atoms with E-state index in [1.807, 2.05) is 0 Å². The number of hydrogen-bond donors (Lipinski definition) is 1. The van der Waals surface area contributed by atoms with Crippen LogP contribution in [0.3, 0.4) is 0 Å². The molecule has 1 aliphatic heterocycles. The lowest BCUT2D eigenvalue weighted by Crippen LogP contribution is -2.29. The van der Waals surface area contributed by atoms with Gasteiger partial charge in [0.15, 0.2) is 0 Å². The lowest BCUT2D eigenvalue weighted by Gasteiger charge is -2.25. The number of methoxy groups -OCH3 is 2. The van der Waals surface area contributed by atoms with E-state index < -0.39 is 17.7 Å². The number of aliphatic hydroxyl groups is 1. The number of amides is 1. The smallest absolute Gasteiger partial charge is 0.300 e. The second-order valence-corrected chi connectivity index (χ2v) is 7.38.